The summed E-state index contributed by atoms with van der Waals surface area (Å²) in [6.07, 6.45) is 0.222. The average Bonchev–Trinajstić information content (AvgIpc) is 2.72. The van der Waals surface area contributed by atoms with Gasteiger partial charge in [-0.15, -0.1) is 0 Å². The molecule has 2 rings (SSSR count). The van der Waals surface area contributed by atoms with Gasteiger partial charge in [0.1, 0.15) is 8.64 Å². The predicted octanol–water partition coefficient (Wildman–Crippen LogP) is 3.46. The molecular formula is C15H26N2O4S6. The average molecular weight is 491 g/mol. The smallest absolute Gasteiger partial charge is 0.303 e. The van der Waals surface area contributed by atoms with Crippen LogP contribution in [0.1, 0.15) is 13.3 Å². The van der Waals surface area contributed by atoms with Gasteiger partial charge in [-0.3, -0.25) is 4.79 Å². The third-order valence-corrected chi connectivity index (χ3v) is 9.69. The standard InChI is InChI=1S/C12H20N2O2S6.C3H6O2/c17-11(13-1-5-15-6-2-13)21-19-9-10-20-22-12(18)14-3-7-16-8-4-14;1-2-3(4)5/h1-10H2;2H2,1H3,(H,4,5). The number of aliphatic carboxylic acids is 1. The summed E-state index contributed by atoms with van der Waals surface area (Å²) in [5, 5.41) is 7.72. The van der Waals surface area contributed by atoms with Gasteiger partial charge in [0.15, 0.2) is 0 Å². The van der Waals surface area contributed by atoms with E-state index < -0.39 is 5.97 Å². The van der Waals surface area contributed by atoms with Crippen molar-refractivity contribution >= 4 is 82.2 Å². The first-order chi connectivity index (χ1) is 13.0. The van der Waals surface area contributed by atoms with Crippen LogP contribution in [0.4, 0.5) is 0 Å². The molecule has 0 unspecified atom stereocenters. The number of rotatable bonds is 6. The SMILES string of the molecule is CCC(=O)O.S=C(SSCCSSC(=S)N1CCOCC1)N1CCOCC1. The van der Waals surface area contributed by atoms with Crippen LogP contribution in [0, 0.1) is 0 Å². The van der Waals surface area contributed by atoms with Crippen LogP contribution < -0.4 is 0 Å². The zero-order chi connectivity index (χ0) is 19.9. The molecule has 0 spiro atoms. The third-order valence-electron chi connectivity index (χ3n) is 3.35. The van der Waals surface area contributed by atoms with Crippen molar-refractivity contribution in [1.29, 1.82) is 0 Å². The molecule has 0 radical (unpaired) electrons. The highest BCUT2D eigenvalue weighted by Gasteiger charge is 2.15. The minimum absolute atomic E-state index is 0.222. The van der Waals surface area contributed by atoms with Gasteiger partial charge in [0, 0.05) is 44.1 Å². The number of thiocarbonyl (C=S) groups is 2. The maximum absolute atomic E-state index is 9.37. The fourth-order valence-corrected chi connectivity index (χ4v) is 7.53. The van der Waals surface area contributed by atoms with E-state index in [1.54, 1.807) is 28.5 Å². The van der Waals surface area contributed by atoms with Crippen LogP contribution in [0.3, 0.4) is 0 Å². The van der Waals surface area contributed by atoms with Crippen molar-refractivity contribution in [3.8, 4) is 0 Å². The van der Waals surface area contributed by atoms with Crippen molar-refractivity contribution in [3.05, 3.63) is 0 Å². The van der Waals surface area contributed by atoms with Gasteiger partial charge in [-0.1, -0.05) is 52.9 Å². The molecule has 27 heavy (non-hydrogen) atoms. The Labute approximate surface area is 188 Å². The Morgan fingerprint density at radius 2 is 1.22 bits per heavy atom. The zero-order valence-corrected chi connectivity index (χ0v) is 20.2. The number of hydrogen-bond donors (Lipinski definition) is 1. The number of morpholine rings is 2. The summed E-state index contributed by atoms with van der Waals surface area (Å²) in [6, 6.07) is 0. The summed E-state index contributed by atoms with van der Waals surface area (Å²) >= 11 is 10.9. The first-order valence-corrected chi connectivity index (χ1v) is 14.0. The Morgan fingerprint density at radius 3 is 1.52 bits per heavy atom. The minimum Gasteiger partial charge on any atom is -0.481 e. The van der Waals surface area contributed by atoms with Crippen LogP contribution in [-0.4, -0.2) is 93.6 Å². The Kier molecular flexibility index (Phi) is 15.5. The second-order valence-electron chi connectivity index (χ2n) is 5.29. The van der Waals surface area contributed by atoms with Crippen molar-refractivity contribution in [2.45, 2.75) is 13.3 Å². The molecule has 1 N–H and O–H groups in total. The third kappa shape index (κ3) is 12.7. The van der Waals surface area contributed by atoms with Crippen LogP contribution in [0.5, 0.6) is 0 Å². The van der Waals surface area contributed by atoms with E-state index >= 15 is 0 Å². The molecule has 0 aromatic heterocycles. The molecule has 0 bridgehead atoms. The second kappa shape index (κ2) is 16.4. The van der Waals surface area contributed by atoms with Crippen LogP contribution in [0.15, 0.2) is 0 Å². The van der Waals surface area contributed by atoms with E-state index in [4.69, 9.17) is 39.0 Å². The number of nitrogens with zero attached hydrogens (tertiary/aromatic N) is 2. The quantitative estimate of drug-likeness (QED) is 0.337. The van der Waals surface area contributed by atoms with Crippen LogP contribution in [0.25, 0.3) is 0 Å². The second-order valence-corrected chi connectivity index (χ2v) is 11.4. The highest BCUT2D eigenvalue weighted by Crippen LogP contribution is 2.30. The Morgan fingerprint density at radius 1 is 0.889 bits per heavy atom. The van der Waals surface area contributed by atoms with Crippen molar-refractivity contribution in [3.63, 3.8) is 0 Å². The molecule has 2 aliphatic heterocycles. The Bertz CT molecular complexity index is 426. The van der Waals surface area contributed by atoms with E-state index in [1.165, 1.54) is 0 Å². The largest absolute Gasteiger partial charge is 0.481 e. The fraction of sp³-hybridized carbons (Fsp3) is 0.800. The summed E-state index contributed by atoms with van der Waals surface area (Å²) in [4.78, 5) is 13.8. The summed E-state index contributed by atoms with van der Waals surface area (Å²) in [5.41, 5.74) is 0. The van der Waals surface area contributed by atoms with E-state index in [0.29, 0.717) is 0 Å². The van der Waals surface area contributed by atoms with E-state index in [0.717, 1.165) is 72.8 Å². The van der Waals surface area contributed by atoms with Crippen molar-refractivity contribution in [1.82, 2.24) is 9.80 Å². The fourth-order valence-electron chi connectivity index (χ4n) is 1.85. The molecule has 156 valence electrons. The van der Waals surface area contributed by atoms with Gasteiger partial charge in [0.2, 0.25) is 0 Å². The predicted molar refractivity (Wildman–Crippen MR) is 128 cm³/mol. The van der Waals surface area contributed by atoms with Gasteiger partial charge in [-0.25, -0.2) is 0 Å². The molecule has 6 nitrogen and oxygen atoms in total. The number of ether oxygens (including phenoxy) is 2. The molecule has 0 aromatic rings. The van der Waals surface area contributed by atoms with Gasteiger partial charge >= 0.3 is 5.97 Å². The van der Waals surface area contributed by atoms with Gasteiger partial charge in [-0.2, -0.15) is 0 Å². The zero-order valence-electron chi connectivity index (χ0n) is 15.3. The van der Waals surface area contributed by atoms with E-state index in [9.17, 15) is 4.79 Å². The van der Waals surface area contributed by atoms with Crippen molar-refractivity contribution < 1.29 is 19.4 Å². The summed E-state index contributed by atoms with van der Waals surface area (Å²) in [6.45, 7) is 8.44. The Balaban J connectivity index is 0.000000646. The molecule has 2 saturated heterocycles. The first-order valence-electron chi connectivity index (χ1n) is 8.58. The van der Waals surface area contributed by atoms with Crippen LogP contribution in [0.2, 0.25) is 0 Å². The number of carbonyl (C=O) groups is 1. The molecule has 0 aliphatic carbocycles. The monoisotopic (exact) mass is 490 g/mol. The summed E-state index contributed by atoms with van der Waals surface area (Å²) in [5.74, 6) is 1.39. The van der Waals surface area contributed by atoms with E-state index in [1.807, 2.05) is 21.6 Å². The van der Waals surface area contributed by atoms with Crippen LogP contribution in [-0.2, 0) is 14.3 Å². The van der Waals surface area contributed by atoms with Crippen LogP contribution >= 0.6 is 67.6 Å². The van der Waals surface area contributed by atoms with Crippen molar-refractivity contribution in [2.24, 2.45) is 0 Å². The molecule has 0 saturated carbocycles. The topological polar surface area (TPSA) is 62.2 Å². The summed E-state index contributed by atoms with van der Waals surface area (Å²) < 4.78 is 12.6. The first kappa shape index (κ1) is 25.6. The minimum atomic E-state index is -0.745. The Hall–Kier alpha value is 0.570. The molecule has 2 aliphatic rings. The number of hydrogen-bond acceptors (Lipinski definition) is 9. The molecular weight excluding hydrogens is 465 g/mol. The molecule has 0 atom stereocenters. The van der Waals surface area contributed by atoms with E-state index in [2.05, 4.69) is 9.80 Å². The number of carboxylic acid groups (broad SMARTS) is 1. The van der Waals surface area contributed by atoms with Gasteiger partial charge in [0.05, 0.1) is 26.4 Å². The molecule has 0 amide bonds. The highest BCUT2D eigenvalue weighted by molar-refractivity contribution is 8.85. The lowest BCUT2D eigenvalue weighted by atomic mass is 10.5. The van der Waals surface area contributed by atoms with Gasteiger partial charge in [-0.05, 0) is 21.6 Å². The lowest BCUT2D eigenvalue weighted by molar-refractivity contribution is -0.136. The maximum atomic E-state index is 9.37. The molecule has 2 heterocycles. The van der Waals surface area contributed by atoms with Gasteiger partial charge < -0.3 is 24.4 Å². The molecule has 2 fully saturated rings. The normalized spacial score (nSPS) is 17.1. The van der Waals surface area contributed by atoms with Gasteiger partial charge in [0.25, 0.3) is 0 Å². The molecule has 0 aromatic carbocycles. The summed E-state index contributed by atoms with van der Waals surface area (Å²) in [7, 11) is 7.06. The number of carboxylic acids is 1. The maximum Gasteiger partial charge on any atom is 0.303 e. The molecule has 12 heteroatoms. The van der Waals surface area contributed by atoms with Crippen molar-refractivity contribution in [2.75, 3.05) is 64.1 Å². The lowest BCUT2D eigenvalue weighted by Gasteiger charge is -2.28. The highest BCUT2D eigenvalue weighted by atomic mass is 33.1. The lowest BCUT2D eigenvalue weighted by Crippen LogP contribution is -2.38. The van der Waals surface area contributed by atoms with E-state index in [-0.39, 0.29) is 6.42 Å².